The summed E-state index contributed by atoms with van der Waals surface area (Å²) in [5.74, 6) is 0.885. The highest BCUT2D eigenvalue weighted by atomic mass is 79.9. The van der Waals surface area contributed by atoms with Crippen LogP contribution in [0.1, 0.15) is 45.6 Å². The van der Waals surface area contributed by atoms with Crippen LogP contribution in [0, 0.1) is 11.3 Å². The van der Waals surface area contributed by atoms with E-state index in [9.17, 15) is 0 Å². The number of unbranched alkanes of at least 4 members (excludes halogenated alkanes) is 2. The van der Waals surface area contributed by atoms with Crippen LogP contribution in [-0.4, -0.2) is 12.1 Å². The highest BCUT2D eigenvalue weighted by molar-refractivity contribution is 9.10. The Morgan fingerprint density at radius 1 is 1.30 bits per heavy atom. The first-order chi connectivity index (χ1) is 9.42. The molecule has 0 saturated heterocycles. The predicted molar refractivity (Wildman–Crippen MR) is 85.7 cm³/mol. The van der Waals surface area contributed by atoms with E-state index in [1.54, 1.807) is 0 Å². The van der Waals surface area contributed by atoms with Crippen molar-refractivity contribution in [3.05, 3.63) is 28.2 Å². The lowest BCUT2D eigenvalue weighted by Gasteiger charge is -2.21. The van der Waals surface area contributed by atoms with Crippen molar-refractivity contribution in [3.63, 3.8) is 0 Å². The monoisotopic (exact) mass is 338 g/mol. The molecular weight excluding hydrogens is 316 g/mol. The van der Waals surface area contributed by atoms with Crippen molar-refractivity contribution in [2.45, 2.75) is 52.1 Å². The van der Waals surface area contributed by atoms with Crippen molar-refractivity contribution in [1.29, 1.82) is 5.26 Å². The minimum absolute atomic E-state index is 0.0909. The molecule has 0 radical (unpaired) electrons. The van der Waals surface area contributed by atoms with Crippen molar-refractivity contribution in [2.75, 3.05) is 6.61 Å². The second-order valence-corrected chi connectivity index (χ2v) is 6.67. The second-order valence-electron chi connectivity index (χ2n) is 5.82. The summed E-state index contributed by atoms with van der Waals surface area (Å²) in [6, 6.07) is 8.19. The van der Waals surface area contributed by atoms with E-state index >= 15 is 0 Å². The zero-order chi connectivity index (χ0) is 15.0. The van der Waals surface area contributed by atoms with Crippen LogP contribution in [0.3, 0.4) is 0 Å². The molecular formula is C16H23BrN2O. The van der Waals surface area contributed by atoms with Gasteiger partial charge in [0.2, 0.25) is 0 Å². The van der Waals surface area contributed by atoms with Crippen LogP contribution in [0.15, 0.2) is 22.7 Å². The maximum Gasteiger partial charge on any atom is 0.119 e. The molecule has 0 saturated carbocycles. The normalized spacial score (nSPS) is 11.2. The highest BCUT2D eigenvalue weighted by Crippen LogP contribution is 2.23. The Labute approximate surface area is 130 Å². The fraction of sp³-hybridized carbons (Fsp3) is 0.562. The molecule has 0 atom stereocenters. The van der Waals surface area contributed by atoms with Crippen molar-refractivity contribution in [1.82, 2.24) is 5.32 Å². The molecule has 4 heteroatoms. The maximum absolute atomic E-state index is 8.47. The average Bonchev–Trinajstić information content (AvgIpc) is 2.38. The molecule has 20 heavy (non-hydrogen) atoms. The van der Waals surface area contributed by atoms with E-state index in [4.69, 9.17) is 10.00 Å². The summed E-state index contributed by atoms with van der Waals surface area (Å²) in [6.07, 6.45) is 2.41. The molecule has 1 N–H and O–H groups in total. The topological polar surface area (TPSA) is 45.0 Å². The van der Waals surface area contributed by atoms with E-state index in [0.717, 1.165) is 29.6 Å². The first kappa shape index (κ1) is 17.0. The van der Waals surface area contributed by atoms with Crippen molar-refractivity contribution < 1.29 is 4.74 Å². The lowest BCUT2D eigenvalue weighted by molar-refractivity contribution is 0.307. The Balaban J connectivity index is 2.51. The van der Waals surface area contributed by atoms with Crippen molar-refractivity contribution in [3.8, 4) is 11.8 Å². The maximum atomic E-state index is 8.47. The molecule has 0 unspecified atom stereocenters. The van der Waals surface area contributed by atoms with Crippen LogP contribution in [0.5, 0.6) is 5.75 Å². The Morgan fingerprint density at radius 2 is 2.05 bits per heavy atom. The van der Waals surface area contributed by atoms with Crippen LogP contribution in [0.25, 0.3) is 0 Å². The number of nitrogens with one attached hydrogen (secondary N) is 1. The van der Waals surface area contributed by atoms with Crippen LogP contribution in [0.2, 0.25) is 0 Å². The minimum Gasteiger partial charge on any atom is -0.494 e. The van der Waals surface area contributed by atoms with Gasteiger partial charge in [0.15, 0.2) is 0 Å². The zero-order valence-electron chi connectivity index (χ0n) is 12.5. The smallest absolute Gasteiger partial charge is 0.119 e. The van der Waals surface area contributed by atoms with Crippen molar-refractivity contribution in [2.24, 2.45) is 0 Å². The Morgan fingerprint density at radius 3 is 2.70 bits per heavy atom. The fourth-order valence-corrected chi connectivity index (χ4v) is 2.02. The number of ether oxygens (including phenoxy) is 1. The van der Waals surface area contributed by atoms with Gasteiger partial charge in [-0.25, -0.2) is 0 Å². The van der Waals surface area contributed by atoms with E-state index in [0.29, 0.717) is 13.0 Å². The number of nitrogens with zero attached hydrogens (tertiary/aromatic N) is 1. The first-order valence-electron chi connectivity index (χ1n) is 6.95. The molecule has 0 bridgehead atoms. The summed E-state index contributed by atoms with van der Waals surface area (Å²) < 4.78 is 6.81. The molecule has 1 rings (SSSR count). The molecule has 1 aromatic carbocycles. The molecule has 0 fully saturated rings. The van der Waals surface area contributed by atoms with Crippen molar-refractivity contribution >= 4 is 15.9 Å². The lowest BCUT2D eigenvalue weighted by atomic mass is 10.1. The van der Waals surface area contributed by atoms with Gasteiger partial charge < -0.3 is 10.1 Å². The molecule has 0 aromatic heterocycles. The van der Waals surface area contributed by atoms with Crippen LogP contribution >= 0.6 is 15.9 Å². The minimum atomic E-state index is 0.0909. The molecule has 110 valence electrons. The summed E-state index contributed by atoms with van der Waals surface area (Å²) in [7, 11) is 0. The van der Waals surface area contributed by atoms with E-state index in [2.05, 4.69) is 54.2 Å². The van der Waals surface area contributed by atoms with E-state index in [1.165, 1.54) is 5.56 Å². The SMILES string of the molecule is CC(C)(C)NCc1cc(OCCCCC#N)ccc1Br. The third kappa shape index (κ3) is 6.93. The van der Waals surface area contributed by atoms with Gasteiger partial charge in [0.05, 0.1) is 12.7 Å². The predicted octanol–water partition coefficient (Wildman–Crippen LogP) is 4.41. The van der Waals surface area contributed by atoms with Gasteiger partial charge in [0.25, 0.3) is 0 Å². The highest BCUT2D eigenvalue weighted by Gasteiger charge is 2.10. The standard InChI is InChI=1S/C16H23BrN2O/c1-16(2,3)19-12-13-11-14(7-8-15(13)17)20-10-6-4-5-9-18/h7-8,11,19H,4-6,10,12H2,1-3H3. The average molecular weight is 339 g/mol. The number of hydrogen-bond donors (Lipinski definition) is 1. The van der Waals surface area contributed by atoms with Gasteiger partial charge in [0, 0.05) is 23.0 Å². The molecule has 0 heterocycles. The summed E-state index contributed by atoms with van der Waals surface area (Å²) in [5.41, 5.74) is 1.28. The van der Waals surface area contributed by atoms with E-state index < -0.39 is 0 Å². The zero-order valence-corrected chi connectivity index (χ0v) is 14.1. The van der Waals surface area contributed by atoms with Gasteiger partial charge in [-0.05, 0) is 57.4 Å². The first-order valence-corrected chi connectivity index (χ1v) is 7.75. The van der Waals surface area contributed by atoms with Gasteiger partial charge in [-0.2, -0.15) is 5.26 Å². The summed E-state index contributed by atoms with van der Waals surface area (Å²) in [6.45, 7) is 7.91. The third-order valence-corrected chi connectivity index (χ3v) is 3.55. The molecule has 0 amide bonds. The lowest BCUT2D eigenvalue weighted by Crippen LogP contribution is -2.35. The van der Waals surface area contributed by atoms with Crippen LogP contribution in [-0.2, 0) is 6.54 Å². The van der Waals surface area contributed by atoms with Crippen LogP contribution in [0.4, 0.5) is 0 Å². The summed E-state index contributed by atoms with van der Waals surface area (Å²) in [4.78, 5) is 0. The molecule has 0 aliphatic carbocycles. The molecule has 0 aliphatic rings. The Hall–Kier alpha value is -1.05. The second kappa shape index (κ2) is 8.28. The number of halogens is 1. The summed E-state index contributed by atoms with van der Waals surface area (Å²) >= 11 is 3.57. The number of rotatable bonds is 7. The number of hydrogen-bond acceptors (Lipinski definition) is 3. The summed E-state index contributed by atoms with van der Waals surface area (Å²) in [5, 5.41) is 11.9. The Kier molecular flexibility index (Phi) is 7.04. The third-order valence-electron chi connectivity index (χ3n) is 2.78. The van der Waals surface area contributed by atoms with Gasteiger partial charge in [0.1, 0.15) is 5.75 Å². The van der Waals surface area contributed by atoms with E-state index in [-0.39, 0.29) is 5.54 Å². The quantitative estimate of drug-likeness (QED) is 0.749. The Bertz CT molecular complexity index is 461. The largest absolute Gasteiger partial charge is 0.494 e. The van der Waals surface area contributed by atoms with Crippen LogP contribution < -0.4 is 10.1 Å². The van der Waals surface area contributed by atoms with Gasteiger partial charge in [-0.15, -0.1) is 0 Å². The van der Waals surface area contributed by atoms with E-state index in [1.807, 2.05) is 12.1 Å². The molecule has 0 spiro atoms. The number of benzene rings is 1. The molecule has 3 nitrogen and oxygen atoms in total. The molecule has 0 aliphatic heterocycles. The van der Waals surface area contributed by atoms with Gasteiger partial charge in [-0.1, -0.05) is 15.9 Å². The fourth-order valence-electron chi connectivity index (χ4n) is 1.63. The molecule has 1 aromatic rings. The number of nitriles is 1. The van der Waals surface area contributed by atoms with Gasteiger partial charge >= 0.3 is 0 Å². The van der Waals surface area contributed by atoms with Gasteiger partial charge in [-0.3, -0.25) is 0 Å².